The molecule has 8 aromatic rings. The van der Waals surface area contributed by atoms with Crippen LogP contribution in [0.4, 0.5) is 11.4 Å². The number of thiophene rings is 1. The number of rotatable bonds is 13. The Kier molecular flexibility index (Phi) is 10.8. The van der Waals surface area contributed by atoms with Gasteiger partial charge < -0.3 is 4.90 Å². The predicted molar refractivity (Wildman–Crippen MR) is 256 cm³/mol. The maximum absolute atomic E-state index is 3.86. The summed E-state index contributed by atoms with van der Waals surface area (Å²) in [6.07, 6.45) is 16.3. The lowest BCUT2D eigenvalue weighted by Gasteiger charge is -2.35. The van der Waals surface area contributed by atoms with E-state index in [1.807, 2.05) is 17.4 Å². The Balaban J connectivity index is 1.16. The van der Waals surface area contributed by atoms with E-state index in [-0.39, 0.29) is 6.04 Å². The van der Waals surface area contributed by atoms with Gasteiger partial charge in [0.25, 0.3) is 0 Å². The van der Waals surface area contributed by atoms with Crippen molar-refractivity contribution >= 4 is 48.5 Å². The van der Waals surface area contributed by atoms with E-state index in [0.717, 1.165) is 30.6 Å². The second-order valence-electron chi connectivity index (χ2n) is 15.5. The average Bonchev–Trinajstić information content (AvgIpc) is 3.82. The van der Waals surface area contributed by atoms with Crippen molar-refractivity contribution in [2.24, 2.45) is 0 Å². The number of hydrogen-bond acceptors (Lipinski definition) is 2. The topological polar surface area (TPSA) is 3.24 Å². The van der Waals surface area contributed by atoms with Crippen molar-refractivity contribution in [3.05, 3.63) is 246 Å². The van der Waals surface area contributed by atoms with Crippen molar-refractivity contribution in [3.8, 4) is 11.1 Å². The van der Waals surface area contributed by atoms with E-state index >= 15 is 0 Å². The van der Waals surface area contributed by atoms with Crippen LogP contribution in [0.15, 0.2) is 213 Å². The first-order valence-electron chi connectivity index (χ1n) is 20.9. The summed E-state index contributed by atoms with van der Waals surface area (Å²) in [6, 6.07) is 63.2. The van der Waals surface area contributed by atoms with Gasteiger partial charge in [-0.05, 0) is 108 Å². The van der Waals surface area contributed by atoms with E-state index in [9.17, 15) is 0 Å². The monoisotopic (exact) mass is 779 g/mol. The molecule has 0 N–H and O–H groups in total. The van der Waals surface area contributed by atoms with E-state index < -0.39 is 5.41 Å². The van der Waals surface area contributed by atoms with Crippen molar-refractivity contribution in [1.82, 2.24) is 0 Å². The van der Waals surface area contributed by atoms with Crippen LogP contribution in [-0.2, 0) is 11.8 Å². The third-order valence-electron chi connectivity index (χ3n) is 12.0. The summed E-state index contributed by atoms with van der Waals surface area (Å²) in [5.41, 5.74) is 13.5. The van der Waals surface area contributed by atoms with Gasteiger partial charge in [-0.2, -0.15) is 0 Å². The first kappa shape index (κ1) is 38.1. The Morgan fingerprint density at radius 2 is 1.31 bits per heavy atom. The van der Waals surface area contributed by atoms with Crippen LogP contribution >= 0.6 is 11.3 Å². The molecule has 0 radical (unpaired) electrons. The molecule has 0 amide bonds. The fourth-order valence-electron chi connectivity index (χ4n) is 9.17. The number of fused-ring (bicyclic) bond motifs is 7. The van der Waals surface area contributed by atoms with Crippen molar-refractivity contribution in [1.29, 1.82) is 0 Å². The SMILES string of the molecule is C=CCC/C=C\Cc1ccc(N(c2ccc(C3(c4ccccc4)c4ccccc4-c4c3ccc3c4sc4ccccc43)cc2)C(C)/C=C\C(=C/C)c2ccccc2)cc1. The Labute approximate surface area is 353 Å². The van der Waals surface area contributed by atoms with Crippen LogP contribution in [0.3, 0.4) is 0 Å². The fourth-order valence-corrected chi connectivity index (χ4v) is 10.4. The molecule has 1 aromatic heterocycles. The zero-order valence-electron chi connectivity index (χ0n) is 33.9. The molecule has 0 bridgehead atoms. The van der Waals surface area contributed by atoms with Gasteiger partial charge in [-0.3, -0.25) is 0 Å². The average molecular weight is 780 g/mol. The summed E-state index contributed by atoms with van der Waals surface area (Å²) in [7, 11) is 0. The molecule has 1 aliphatic rings. The van der Waals surface area contributed by atoms with Crippen LogP contribution in [0.1, 0.15) is 60.1 Å². The van der Waals surface area contributed by atoms with E-state index in [0.29, 0.717) is 0 Å². The molecule has 59 heavy (non-hydrogen) atoms. The highest BCUT2D eigenvalue weighted by Crippen LogP contribution is 2.59. The van der Waals surface area contributed by atoms with Crippen molar-refractivity contribution < 1.29 is 0 Å². The summed E-state index contributed by atoms with van der Waals surface area (Å²) in [4.78, 5) is 2.47. The molecule has 0 saturated heterocycles. The van der Waals surface area contributed by atoms with Gasteiger partial charge in [0.15, 0.2) is 0 Å². The summed E-state index contributed by atoms with van der Waals surface area (Å²) < 4.78 is 2.70. The normalized spacial score (nSPS) is 15.5. The number of hydrogen-bond donors (Lipinski definition) is 0. The number of nitrogens with zero attached hydrogens (tertiary/aromatic N) is 1. The Bertz CT molecular complexity index is 2820. The summed E-state index contributed by atoms with van der Waals surface area (Å²) >= 11 is 1.92. The maximum Gasteiger partial charge on any atom is 0.0714 e. The standard InChI is InChI=1S/C57H49NS/c1-4-6-7-8-11-20-42-30-35-47(36-31-42)58(41(3)29-32-43(5-2)44-21-12-9-13-22-44)48-37-33-46(34-38-48)57(45-23-14-10-15-24-45)52-27-18-16-26-51(52)55-53(57)40-39-50-49-25-17-19-28-54(49)59-56(50)55/h4-5,8-19,21-41H,1,6-7,20H2,2-3H3/b11-8-,32-29-,43-5+. The Hall–Kier alpha value is -6.48. The number of allylic oxidation sites excluding steroid dienone is 6. The van der Waals surface area contributed by atoms with E-state index in [4.69, 9.17) is 0 Å². The summed E-state index contributed by atoms with van der Waals surface area (Å²) in [5, 5.41) is 2.66. The van der Waals surface area contributed by atoms with Crippen molar-refractivity contribution in [2.45, 2.75) is 44.6 Å². The zero-order chi connectivity index (χ0) is 40.2. The fraction of sp³-hybridized carbons (Fsp3) is 0.123. The molecule has 7 aromatic carbocycles. The Morgan fingerprint density at radius 3 is 2.05 bits per heavy atom. The van der Waals surface area contributed by atoms with E-state index in [1.54, 1.807) is 0 Å². The van der Waals surface area contributed by atoms with Gasteiger partial charge >= 0.3 is 0 Å². The van der Waals surface area contributed by atoms with Gasteiger partial charge in [-0.25, -0.2) is 0 Å². The van der Waals surface area contributed by atoms with Gasteiger partial charge in [0.05, 0.1) is 5.41 Å². The molecule has 0 aliphatic heterocycles. The largest absolute Gasteiger partial charge is 0.335 e. The van der Waals surface area contributed by atoms with E-state index in [1.165, 1.54) is 70.3 Å². The number of anilines is 2. The third-order valence-corrected chi connectivity index (χ3v) is 13.2. The molecule has 1 heterocycles. The van der Waals surface area contributed by atoms with Crippen LogP contribution in [-0.4, -0.2) is 6.04 Å². The highest BCUT2D eigenvalue weighted by Gasteiger charge is 2.47. The smallest absolute Gasteiger partial charge is 0.0714 e. The highest BCUT2D eigenvalue weighted by atomic mass is 32.1. The molecule has 0 spiro atoms. The predicted octanol–water partition coefficient (Wildman–Crippen LogP) is 15.7. The van der Waals surface area contributed by atoms with E-state index in [2.05, 4.69) is 226 Å². The molecule has 2 unspecified atom stereocenters. The molecule has 9 rings (SSSR count). The second-order valence-corrected chi connectivity index (χ2v) is 16.5. The number of benzene rings is 7. The van der Waals surface area contributed by atoms with Gasteiger partial charge in [0, 0.05) is 43.2 Å². The van der Waals surface area contributed by atoms with Crippen LogP contribution in [0.2, 0.25) is 0 Å². The summed E-state index contributed by atoms with van der Waals surface area (Å²) in [6.45, 7) is 8.27. The minimum absolute atomic E-state index is 0.0708. The third kappa shape index (κ3) is 6.98. The van der Waals surface area contributed by atoms with Crippen LogP contribution in [0, 0.1) is 0 Å². The Morgan fingerprint density at radius 1 is 0.644 bits per heavy atom. The molecule has 0 fully saturated rings. The second kappa shape index (κ2) is 16.8. The number of unbranched alkanes of at least 4 members (excludes halogenated alkanes) is 1. The quantitative estimate of drug-likeness (QED) is 0.0640. The van der Waals surface area contributed by atoms with Crippen molar-refractivity contribution in [3.63, 3.8) is 0 Å². The first-order valence-corrected chi connectivity index (χ1v) is 21.7. The minimum atomic E-state index is -0.482. The molecular weight excluding hydrogens is 731 g/mol. The minimum Gasteiger partial charge on any atom is -0.335 e. The molecule has 1 aliphatic carbocycles. The first-order chi connectivity index (χ1) is 29.1. The summed E-state index contributed by atoms with van der Waals surface area (Å²) in [5.74, 6) is 0. The van der Waals surface area contributed by atoms with Crippen molar-refractivity contribution in [2.75, 3.05) is 4.90 Å². The molecule has 0 saturated carbocycles. The van der Waals surface area contributed by atoms with Crippen LogP contribution in [0.5, 0.6) is 0 Å². The van der Waals surface area contributed by atoms with Gasteiger partial charge in [-0.15, -0.1) is 17.9 Å². The lowest BCUT2D eigenvalue weighted by Crippen LogP contribution is -2.29. The molecule has 2 heteroatoms. The van der Waals surface area contributed by atoms with Gasteiger partial charge in [0.2, 0.25) is 0 Å². The van der Waals surface area contributed by atoms with Gasteiger partial charge in [-0.1, -0.05) is 176 Å². The van der Waals surface area contributed by atoms with Gasteiger partial charge in [0.1, 0.15) is 0 Å². The van der Waals surface area contributed by atoms with Crippen LogP contribution < -0.4 is 4.90 Å². The molecule has 288 valence electrons. The molecule has 1 nitrogen and oxygen atoms in total. The lowest BCUT2D eigenvalue weighted by atomic mass is 9.67. The van der Waals surface area contributed by atoms with Crippen LogP contribution in [0.25, 0.3) is 36.9 Å². The maximum atomic E-state index is 3.86. The lowest BCUT2D eigenvalue weighted by molar-refractivity contribution is 0.768. The molecular formula is C57H49NS. The zero-order valence-corrected chi connectivity index (χ0v) is 34.7. The molecule has 2 atom stereocenters. The highest BCUT2D eigenvalue weighted by molar-refractivity contribution is 7.26.